The van der Waals surface area contributed by atoms with E-state index in [0.29, 0.717) is 12.8 Å². The molecule has 0 bridgehead atoms. The molecular formula is C12H16O2. The standard InChI is InChI=1S/C12H16O2/c1-9-5-3-4-6-11(9)12(13)7-10(8-12)14-2/h3-6,10,13H,7-8H2,1-2H3. The maximum absolute atomic E-state index is 10.3. The molecule has 1 aromatic rings. The molecule has 1 aliphatic rings. The topological polar surface area (TPSA) is 29.5 Å². The van der Waals surface area contributed by atoms with Crippen molar-refractivity contribution < 1.29 is 9.84 Å². The third kappa shape index (κ3) is 1.45. The van der Waals surface area contributed by atoms with E-state index in [1.165, 1.54) is 0 Å². The van der Waals surface area contributed by atoms with Gasteiger partial charge in [-0.1, -0.05) is 24.3 Å². The zero-order valence-electron chi connectivity index (χ0n) is 8.66. The number of rotatable bonds is 2. The lowest BCUT2D eigenvalue weighted by molar-refractivity contribution is -0.133. The van der Waals surface area contributed by atoms with Crippen molar-refractivity contribution in [2.24, 2.45) is 0 Å². The molecule has 0 amide bonds. The monoisotopic (exact) mass is 192 g/mol. The summed E-state index contributed by atoms with van der Waals surface area (Å²) >= 11 is 0. The number of aliphatic hydroxyl groups is 1. The van der Waals surface area contributed by atoms with Crippen LogP contribution in [0.25, 0.3) is 0 Å². The van der Waals surface area contributed by atoms with Crippen molar-refractivity contribution >= 4 is 0 Å². The summed E-state index contributed by atoms with van der Waals surface area (Å²) in [6.07, 6.45) is 1.66. The average molecular weight is 192 g/mol. The van der Waals surface area contributed by atoms with E-state index in [4.69, 9.17) is 4.74 Å². The van der Waals surface area contributed by atoms with E-state index in [1.807, 2.05) is 31.2 Å². The highest BCUT2D eigenvalue weighted by Crippen LogP contribution is 2.43. The van der Waals surface area contributed by atoms with Crippen molar-refractivity contribution in [3.8, 4) is 0 Å². The van der Waals surface area contributed by atoms with Gasteiger partial charge in [-0.3, -0.25) is 0 Å². The van der Waals surface area contributed by atoms with Crippen LogP contribution < -0.4 is 0 Å². The summed E-state index contributed by atoms with van der Waals surface area (Å²) in [7, 11) is 1.70. The highest BCUT2D eigenvalue weighted by molar-refractivity contribution is 5.33. The summed E-state index contributed by atoms with van der Waals surface area (Å²) in [6, 6.07) is 8.00. The number of aryl methyl sites for hydroxylation is 1. The van der Waals surface area contributed by atoms with E-state index in [1.54, 1.807) is 7.11 Å². The van der Waals surface area contributed by atoms with Gasteiger partial charge in [0.25, 0.3) is 0 Å². The van der Waals surface area contributed by atoms with Gasteiger partial charge in [0, 0.05) is 20.0 Å². The summed E-state index contributed by atoms with van der Waals surface area (Å²) in [5.41, 5.74) is 1.56. The second kappa shape index (κ2) is 3.37. The molecule has 2 nitrogen and oxygen atoms in total. The maximum atomic E-state index is 10.3. The molecule has 1 aromatic carbocycles. The fourth-order valence-electron chi connectivity index (χ4n) is 2.18. The van der Waals surface area contributed by atoms with Gasteiger partial charge >= 0.3 is 0 Å². The van der Waals surface area contributed by atoms with Gasteiger partial charge in [0.2, 0.25) is 0 Å². The zero-order valence-corrected chi connectivity index (χ0v) is 8.66. The van der Waals surface area contributed by atoms with Crippen LogP contribution in [0.2, 0.25) is 0 Å². The number of hydrogen-bond acceptors (Lipinski definition) is 2. The SMILES string of the molecule is COC1CC(O)(c2ccccc2C)C1. The molecule has 2 heteroatoms. The highest BCUT2D eigenvalue weighted by atomic mass is 16.5. The molecule has 0 aliphatic heterocycles. The quantitative estimate of drug-likeness (QED) is 0.776. The Balaban J connectivity index is 2.21. The summed E-state index contributed by atoms with van der Waals surface area (Å²) in [5, 5.41) is 10.3. The second-order valence-corrected chi connectivity index (χ2v) is 4.11. The molecule has 0 spiro atoms. The highest BCUT2D eigenvalue weighted by Gasteiger charge is 2.44. The average Bonchev–Trinajstić information content (AvgIpc) is 2.13. The Morgan fingerprint density at radius 3 is 2.57 bits per heavy atom. The molecule has 1 saturated carbocycles. The second-order valence-electron chi connectivity index (χ2n) is 4.11. The molecular weight excluding hydrogens is 176 g/mol. The lowest BCUT2D eigenvalue weighted by atomic mass is 9.71. The van der Waals surface area contributed by atoms with Gasteiger partial charge in [0.05, 0.1) is 11.7 Å². The third-order valence-corrected chi connectivity index (χ3v) is 3.11. The Morgan fingerprint density at radius 1 is 1.36 bits per heavy atom. The van der Waals surface area contributed by atoms with Crippen LogP contribution in [0.1, 0.15) is 24.0 Å². The van der Waals surface area contributed by atoms with Crippen LogP contribution in [-0.4, -0.2) is 18.3 Å². The smallest absolute Gasteiger partial charge is 0.0948 e. The molecule has 0 heterocycles. The maximum Gasteiger partial charge on any atom is 0.0948 e. The molecule has 0 atom stereocenters. The number of methoxy groups -OCH3 is 1. The number of hydrogen-bond donors (Lipinski definition) is 1. The van der Waals surface area contributed by atoms with Crippen LogP contribution in [0.3, 0.4) is 0 Å². The molecule has 2 rings (SSSR count). The van der Waals surface area contributed by atoms with E-state index in [2.05, 4.69) is 0 Å². The van der Waals surface area contributed by atoms with Gasteiger partial charge in [-0.2, -0.15) is 0 Å². The predicted octanol–water partition coefficient (Wildman–Crippen LogP) is 1.99. The van der Waals surface area contributed by atoms with Gasteiger partial charge < -0.3 is 9.84 Å². The van der Waals surface area contributed by atoms with Gasteiger partial charge in [-0.25, -0.2) is 0 Å². The third-order valence-electron chi connectivity index (χ3n) is 3.11. The zero-order chi connectivity index (χ0) is 10.2. The molecule has 1 fully saturated rings. The fourth-order valence-corrected chi connectivity index (χ4v) is 2.18. The van der Waals surface area contributed by atoms with E-state index in [-0.39, 0.29) is 6.10 Å². The minimum absolute atomic E-state index is 0.222. The lowest BCUT2D eigenvalue weighted by Gasteiger charge is -2.43. The Morgan fingerprint density at radius 2 is 2.00 bits per heavy atom. The first-order valence-corrected chi connectivity index (χ1v) is 4.97. The normalized spacial score (nSPS) is 31.2. The van der Waals surface area contributed by atoms with E-state index < -0.39 is 5.60 Å². The number of benzene rings is 1. The van der Waals surface area contributed by atoms with Crippen molar-refractivity contribution in [2.45, 2.75) is 31.5 Å². The fraction of sp³-hybridized carbons (Fsp3) is 0.500. The van der Waals surface area contributed by atoms with Crippen LogP contribution in [0.15, 0.2) is 24.3 Å². The van der Waals surface area contributed by atoms with Crippen LogP contribution in [0.4, 0.5) is 0 Å². The Labute approximate surface area is 84.5 Å². The lowest BCUT2D eigenvalue weighted by Crippen LogP contribution is -2.45. The van der Waals surface area contributed by atoms with Crippen molar-refractivity contribution in [1.29, 1.82) is 0 Å². The van der Waals surface area contributed by atoms with Crippen molar-refractivity contribution in [3.63, 3.8) is 0 Å². The summed E-state index contributed by atoms with van der Waals surface area (Å²) in [6.45, 7) is 2.04. The van der Waals surface area contributed by atoms with E-state index in [0.717, 1.165) is 11.1 Å². The first kappa shape index (κ1) is 9.69. The van der Waals surface area contributed by atoms with Crippen LogP contribution >= 0.6 is 0 Å². The molecule has 0 saturated heterocycles. The Hall–Kier alpha value is -0.860. The van der Waals surface area contributed by atoms with E-state index >= 15 is 0 Å². The van der Waals surface area contributed by atoms with Crippen molar-refractivity contribution in [1.82, 2.24) is 0 Å². The molecule has 1 N–H and O–H groups in total. The molecule has 0 aromatic heterocycles. The Bertz CT molecular complexity index is 327. The summed E-state index contributed by atoms with van der Waals surface area (Å²) in [5.74, 6) is 0. The Kier molecular flexibility index (Phi) is 2.33. The van der Waals surface area contributed by atoms with E-state index in [9.17, 15) is 5.11 Å². The van der Waals surface area contributed by atoms with Gasteiger partial charge in [0.15, 0.2) is 0 Å². The van der Waals surface area contributed by atoms with Gasteiger partial charge in [-0.05, 0) is 18.1 Å². The summed E-state index contributed by atoms with van der Waals surface area (Å²) < 4.78 is 5.18. The first-order chi connectivity index (χ1) is 6.65. The predicted molar refractivity (Wildman–Crippen MR) is 55.1 cm³/mol. The first-order valence-electron chi connectivity index (χ1n) is 4.97. The van der Waals surface area contributed by atoms with Crippen LogP contribution in [0.5, 0.6) is 0 Å². The molecule has 14 heavy (non-hydrogen) atoms. The van der Waals surface area contributed by atoms with Crippen molar-refractivity contribution in [3.05, 3.63) is 35.4 Å². The largest absolute Gasteiger partial charge is 0.385 e. The van der Waals surface area contributed by atoms with Crippen LogP contribution in [-0.2, 0) is 10.3 Å². The molecule has 0 radical (unpaired) electrons. The van der Waals surface area contributed by atoms with Crippen LogP contribution in [0, 0.1) is 6.92 Å². The molecule has 76 valence electrons. The van der Waals surface area contributed by atoms with Crippen molar-refractivity contribution in [2.75, 3.05) is 7.11 Å². The minimum atomic E-state index is -0.647. The van der Waals surface area contributed by atoms with Gasteiger partial charge in [0.1, 0.15) is 0 Å². The van der Waals surface area contributed by atoms with Gasteiger partial charge in [-0.15, -0.1) is 0 Å². The molecule has 0 unspecified atom stereocenters. The molecule has 1 aliphatic carbocycles. The number of ether oxygens (including phenoxy) is 1. The minimum Gasteiger partial charge on any atom is -0.385 e. The summed E-state index contributed by atoms with van der Waals surface area (Å²) in [4.78, 5) is 0.